The van der Waals surface area contributed by atoms with Crippen molar-refractivity contribution in [2.45, 2.75) is 43.5 Å². The summed E-state index contributed by atoms with van der Waals surface area (Å²) in [5.74, 6) is -0.364. The Morgan fingerprint density at radius 3 is 2.28 bits per heavy atom. The number of hydrogen-bond acceptors (Lipinski definition) is 4. The zero-order chi connectivity index (χ0) is 25.5. The van der Waals surface area contributed by atoms with Crippen LogP contribution in [-0.4, -0.2) is 39.4 Å². The lowest BCUT2D eigenvalue weighted by molar-refractivity contribution is -0.122. The van der Waals surface area contributed by atoms with Crippen LogP contribution in [0.2, 0.25) is 0 Å². The van der Waals surface area contributed by atoms with Crippen LogP contribution >= 0.6 is 0 Å². The maximum Gasteiger partial charge on any atom is 0.241 e. The number of nitrogens with one attached hydrogen (secondary N) is 2. The Labute approximate surface area is 212 Å². The van der Waals surface area contributed by atoms with Crippen LogP contribution in [0.1, 0.15) is 30.0 Å². The van der Waals surface area contributed by atoms with Gasteiger partial charge in [0.2, 0.25) is 21.8 Å². The van der Waals surface area contributed by atoms with Crippen LogP contribution in [0.25, 0.3) is 0 Å². The maximum absolute atomic E-state index is 13.3. The molecule has 0 fully saturated rings. The fraction of sp³-hybridized carbons (Fsp3) is 0.286. The number of sulfonamides is 1. The summed E-state index contributed by atoms with van der Waals surface area (Å²) in [4.78, 5) is 27.1. The predicted molar refractivity (Wildman–Crippen MR) is 140 cm³/mol. The summed E-state index contributed by atoms with van der Waals surface area (Å²) >= 11 is 0. The lowest BCUT2D eigenvalue weighted by Crippen LogP contribution is -2.48. The Bertz CT molecular complexity index is 1310. The van der Waals surface area contributed by atoms with Crippen LogP contribution in [0.4, 0.5) is 5.69 Å². The average Bonchev–Trinajstić information content (AvgIpc) is 3.32. The second-order valence-corrected chi connectivity index (χ2v) is 10.5. The first-order valence-corrected chi connectivity index (χ1v) is 13.7. The summed E-state index contributed by atoms with van der Waals surface area (Å²) in [5, 5.41) is 2.88. The van der Waals surface area contributed by atoms with Gasteiger partial charge in [0, 0.05) is 25.2 Å². The minimum Gasteiger partial charge on any atom is -0.354 e. The molecule has 0 saturated carbocycles. The molecule has 1 aliphatic rings. The van der Waals surface area contributed by atoms with Gasteiger partial charge >= 0.3 is 0 Å². The van der Waals surface area contributed by atoms with Gasteiger partial charge in [0.25, 0.3) is 0 Å². The lowest BCUT2D eigenvalue weighted by atomic mass is 10.1. The minimum absolute atomic E-state index is 0.0116. The van der Waals surface area contributed by atoms with Crippen LogP contribution in [0.15, 0.2) is 83.8 Å². The molecule has 2 N–H and O–H groups in total. The van der Waals surface area contributed by atoms with Crippen molar-refractivity contribution < 1.29 is 18.0 Å². The van der Waals surface area contributed by atoms with Gasteiger partial charge in [-0.15, -0.1) is 0 Å². The van der Waals surface area contributed by atoms with Crippen molar-refractivity contribution in [2.75, 3.05) is 18.0 Å². The van der Waals surface area contributed by atoms with E-state index >= 15 is 0 Å². The summed E-state index contributed by atoms with van der Waals surface area (Å²) in [5.41, 5.74) is 3.50. The van der Waals surface area contributed by atoms with Crippen molar-refractivity contribution in [3.05, 3.63) is 95.6 Å². The second kappa shape index (κ2) is 11.5. The first-order valence-electron chi connectivity index (χ1n) is 12.2. The minimum atomic E-state index is -3.98. The summed E-state index contributed by atoms with van der Waals surface area (Å²) in [6.07, 6.45) is 1.86. The van der Waals surface area contributed by atoms with Gasteiger partial charge in [0.1, 0.15) is 6.04 Å². The molecular weight excluding hydrogens is 474 g/mol. The number of carbonyl (C=O) groups excluding carboxylic acids is 2. The highest BCUT2D eigenvalue weighted by molar-refractivity contribution is 7.89. The highest BCUT2D eigenvalue weighted by Gasteiger charge is 2.29. The molecule has 0 saturated heterocycles. The Balaban J connectivity index is 1.50. The van der Waals surface area contributed by atoms with E-state index in [0.717, 1.165) is 22.4 Å². The van der Waals surface area contributed by atoms with Gasteiger partial charge in [-0.25, -0.2) is 8.42 Å². The first kappa shape index (κ1) is 25.6. The monoisotopic (exact) mass is 505 g/mol. The van der Waals surface area contributed by atoms with E-state index in [1.54, 1.807) is 24.0 Å². The third kappa shape index (κ3) is 6.19. The molecule has 0 radical (unpaired) electrons. The smallest absolute Gasteiger partial charge is 0.241 e. The van der Waals surface area contributed by atoms with Crippen molar-refractivity contribution in [1.29, 1.82) is 0 Å². The SMILES string of the molecule is CCC(=O)N1CCc2cc(S(=O)(=O)N[C@@H](Cc3ccccc3)C(=O)NCCc3ccccc3)ccc21. The van der Waals surface area contributed by atoms with E-state index in [1.165, 1.54) is 6.07 Å². The van der Waals surface area contributed by atoms with Crippen molar-refractivity contribution in [3.8, 4) is 0 Å². The van der Waals surface area contributed by atoms with Crippen molar-refractivity contribution in [1.82, 2.24) is 10.0 Å². The van der Waals surface area contributed by atoms with Gasteiger partial charge in [-0.2, -0.15) is 4.72 Å². The number of fused-ring (bicyclic) bond motifs is 1. The van der Waals surface area contributed by atoms with E-state index in [4.69, 9.17) is 0 Å². The summed E-state index contributed by atoms with van der Waals surface area (Å²) in [6, 6.07) is 22.9. The van der Waals surface area contributed by atoms with Gasteiger partial charge < -0.3 is 10.2 Å². The van der Waals surface area contributed by atoms with E-state index in [2.05, 4.69) is 10.0 Å². The van der Waals surface area contributed by atoms with Crippen LogP contribution < -0.4 is 14.9 Å². The molecule has 188 valence electrons. The van der Waals surface area contributed by atoms with E-state index < -0.39 is 16.1 Å². The number of rotatable bonds is 10. The second-order valence-electron chi connectivity index (χ2n) is 8.83. The van der Waals surface area contributed by atoms with E-state index in [0.29, 0.717) is 32.4 Å². The molecule has 0 aliphatic carbocycles. The summed E-state index contributed by atoms with van der Waals surface area (Å²) in [6.45, 7) is 2.75. The predicted octanol–water partition coefficient (Wildman–Crippen LogP) is 3.23. The standard InChI is InChI=1S/C28H31N3O4S/c1-2-27(32)31-18-16-23-20-24(13-14-26(23)31)36(34,35)30-25(19-22-11-7-4-8-12-22)28(33)29-17-15-21-9-5-3-6-10-21/h3-14,20,25,30H,2,15-19H2,1H3,(H,29,33)/t25-/m0/s1. The van der Waals surface area contributed by atoms with Crippen LogP contribution in [0.3, 0.4) is 0 Å². The van der Waals surface area contributed by atoms with Crippen molar-refractivity contribution in [2.24, 2.45) is 0 Å². The van der Waals surface area contributed by atoms with E-state index in [1.807, 2.05) is 60.7 Å². The molecule has 0 unspecified atom stereocenters. The molecule has 7 nitrogen and oxygen atoms in total. The molecule has 3 aromatic carbocycles. The lowest BCUT2D eigenvalue weighted by Gasteiger charge is -2.20. The van der Waals surface area contributed by atoms with Crippen LogP contribution in [-0.2, 0) is 38.9 Å². The third-order valence-corrected chi connectivity index (χ3v) is 7.78. The summed E-state index contributed by atoms with van der Waals surface area (Å²) < 4.78 is 29.3. The quantitative estimate of drug-likeness (QED) is 0.442. The fourth-order valence-electron chi connectivity index (χ4n) is 4.39. The van der Waals surface area contributed by atoms with Gasteiger partial charge in [-0.3, -0.25) is 9.59 Å². The Morgan fingerprint density at radius 1 is 0.944 bits per heavy atom. The Kier molecular flexibility index (Phi) is 8.18. The normalized spacial score (nSPS) is 13.8. The molecule has 36 heavy (non-hydrogen) atoms. The van der Waals surface area contributed by atoms with Crippen LogP contribution in [0, 0.1) is 0 Å². The molecule has 0 spiro atoms. The van der Waals surface area contributed by atoms with Crippen molar-refractivity contribution in [3.63, 3.8) is 0 Å². The number of hydrogen-bond donors (Lipinski definition) is 2. The fourth-order valence-corrected chi connectivity index (χ4v) is 5.63. The number of benzene rings is 3. The molecule has 8 heteroatoms. The molecule has 0 aromatic heterocycles. The number of anilines is 1. The van der Waals surface area contributed by atoms with Gasteiger partial charge in [-0.1, -0.05) is 67.6 Å². The number of nitrogens with zero attached hydrogens (tertiary/aromatic N) is 1. The Hall–Kier alpha value is -3.49. The number of amides is 2. The van der Waals surface area contributed by atoms with E-state index in [-0.39, 0.29) is 23.1 Å². The van der Waals surface area contributed by atoms with Crippen LogP contribution in [0.5, 0.6) is 0 Å². The largest absolute Gasteiger partial charge is 0.354 e. The molecule has 3 aromatic rings. The average molecular weight is 506 g/mol. The zero-order valence-electron chi connectivity index (χ0n) is 20.3. The first-order chi connectivity index (χ1) is 17.4. The molecule has 2 amide bonds. The summed E-state index contributed by atoms with van der Waals surface area (Å²) in [7, 11) is -3.98. The topological polar surface area (TPSA) is 95.6 Å². The highest BCUT2D eigenvalue weighted by atomic mass is 32.2. The molecule has 0 bridgehead atoms. The molecule has 4 rings (SSSR count). The zero-order valence-corrected chi connectivity index (χ0v) is 21.1. The van der Waals surface area contributed by atoms with Gasteiger partial charge in [0.15, 0.2) is 0 Å². The van der Waals surface area contributed by atoms with Crippen molar-refractivity contribution >= 4 is 27.5 Å². The van der Waals surface area contributed by atoms with Gasteiger partial charge in [-0.05, 0) is 54.2 Å². The van der Waals surface area contributed by atoms with Gasteiger partial charge in [0.05, 0.1) is 4.90 Å². The Morgan fingerprint density at radius 2 is 1.61 bits per heavy atom. The van der Waals surface area contributed by atoms with E-state index in [9.17, 15) is 18.0 Å². The highest BCUT2D eigenvalue weighted by Crippen LogP contribution is 2.30. The molecule has 1 aliphatic heterocycles. The third-order valence-electron chi connectivity index (χ3n) is 6.31. The maximum atomic E-state index is 13.3. The molecule has 1 heterocycles. The molecule has 1 atom stereocenters. The number of carbonyl (C=O) groups is 2. The molecular formula is C28H31N3O4S.